The van der Waals surface area contributed by atoms with Gasteiger partial charge in [0, 0.05) is 36.0 Å². The third-order valence-corrected chi connectivity index (χ3v) is 5.15. The van der Waals surface area contributed by atoms with Crippen LogP contribution in [0.25, 0.3) is 0 Å². The highest BCUT2D eigenvalue weighted by molar-refractivity contribution is 7.09. The van der Waals surface area contributed by atoms with Gasteiger partial charge in [0.15, 0.2) is 0 Å². The summed E-state index contributed by atoms with van der Waals surface area (Å²) in [5.41, 5.74) is 6.18. The Balaban J connectivity index is 1.89. The summed E-state index contributed by atoms with van der Waals surface area (Å²) in [5, 5.41) is 2.15. The van der Waals surface area contributed by atoms with E-state index in [9.17, 15) is 0 Å². The fourth-order valence-corrected chi connectivity index (χ4v) is 3.65. The predicted octanol–water partition coefficient (Wildman–Crippen LogP) is 2.37. The summed E-state index contributed by atoms with van der Waals surface area (Å²) < 4.78 is 5.66. The van der Waals surface area contributed by atoms with Crippen molar-refractivity contribution in [1.29, 1.82) is 0 Å². The fraction of sp³-hybridized carbons (Fsp3) is 0.733. The molecule has 1 aromatic rings. The molecule has 2 heterocycles. The Morgan fingerprint density at radius 2 is 2.42 bits per heavy atom. The van der Waals surface area contributed by atoms with E-state index in [1.54, 1.807) is 0 Å². The molecule has 2 rings (SSSR count). The second kappa shape index (κ2) is 6.84. The predicted molar refractivity (Wildman–Crippen MR) is 81.7 cm³/mol. The van der Waals surface area contributed by atoms with E-state index in [1.165, 1.54) is 11.3 Å². The van der Waals surface area contributed by atoms with Crippen LogP contribution in [0.15, 0.2) is 17.5 Å². The van der Waals surface area contributed by atoms with Gasteiger partial charge in [-0.3, -0.25) is 0 Å². The average Bonchev–Trinajstić information content (AvgIpc) is 2.92. The number of likely N-dealkylation sites (N-methyl/N-ethyl adjacent to an activating group) is 1. The van der Waals surface area contributed by atoms with Crippen molar-refractivity contribution in [3.8, 4) is 0 Å². The molecule has 0 saturated carbocycles. The summed E-state index contributed by atoms with van der Waals surface area (Å²) in [7, 11) is 2.21. The van der Waals surface area contributed by atoms with Crippen molar-refractivity contribution in [2.75, 3.05) is 33.4 Å². The van der Waals surface area contributed by atoms with Crippen LogP contribution in [-0.2, 0) is 11.2 Å². The van der Waals surface area contributed by atoms with Gasteiger partial charge < -0.3 is 15.4 Å². The van der Waals surface area contributed by atoms with E-state index in [-0.39, 0.29) is 5.41 Å². The van der Waals surface area contributed by atoms with Crippen LogP contribution in [0.4, 0.5) is 0 Å². The maximum absolute atomic E-state index is 6.02. The minimum absolute atomic E-state index is 0.163. The zero-order valence-corrected chi connectivity index (χ0v) is 12.9. The van der Waals surface area contributed by atoms with Crippen LogP contribution in [0.1, 0.15) is 24.6 Å². The van der Waals surface area contributed by atoms with Gasteiger partial charge in [-0.1, -0.05) is 6.07 Å². The lowest BCUT2D eigenvalue weighted by atomic mass is 9.82. The highest BCUT2D eigenvalue weighted by Crippen LogP contribution is 2.29. The molecule has 1 saturated heterocycles. The normalized spacial score (nSPS) is 25.7. The van der Waals surface area contributed by atoms with E-state index in [0.29, 0.717) is 6.04 Å². The van der Waals surface area contributed by atoms with Crippen molar-refractivity contribution in [1.82, 2.24) is 4.90 Å². The number of rotatable bonds is 6. The van der Waals surface area contributed by atoms with E-state index in [2.05, 4.69) is 36.4 Å². The molecular weight excluding hydrogens is 256 g/mol. The Labute approximate surface area is 120 Å². The van der Waals surface area contributed by atoms with Gasteiger partial charge in [-0.2, -0.15) is 0 Å². The van der Waals surface area contributed by atoms with Crippen molar-refractivity contribution in [3.05, 3.63) is 22.4 Å². The molecule has 0 aliphatic carbocycles. The van der Waals surface area contributed by atoms with Crippen molar-refractivity contribution in [2.24, 2.45) is 11.1 Å². The lowest BCUT2D eigenvalue weighted by molar-refractivity contribution is -0.0229. The number of ether oxygens (including phenoxy) is 1. The SMILES string of the molecule is CC(Cc1cccs1)N(C)CC1(CN)CCCOC1. The Kier molecular flexibility index (Phi) is 5.39. The average molecular weight is 282 g/mol. The molecule has 0 radical (unpaired) electrons. The highest BCUT2D eigenvalue weighted by atomic mass is 32.1. The maximum Gasteiger partial charge on any atom is 0.0546 e. The number of hydrogen-bond donors (Lipinski definition) is 1. The molecule has 2 atom stereocenters. The number of thiophene rings is 1. The van der Waals surface area contributed by atoms with Gasteiger partial charge in [0.1, 0.15) is 0 Å². The molecular formula is C15H26N2OS. The molecule has 0 spiro atoms. The van der Waals surface area contributed by atoms with Gasteiger partial charge in [0.2, 0.25) is 0 Å². The lowest BCUT2D eigenvalue weighted by Gasteiger charge is -2.40. The van der Waals surface area contributed by atoms with Gasteiger partial charge in [-0.05, 0) is 44.7 Å². The second-order valence-electron chi connectivity index (χ2n) is 5.91. The molecule has 0 bridgehead atoms. The number of nitrogens with zero attached hydrogens (tertiary/aromatic N) is 1. The van der Waals surface area contributed by atoms with Crippen LogP contribution in [0.2, 0.25) is 0 Å². The monoisotopic (exact) mass is 282 g/mol. The first kappa shape index (κ1) is 15.0. The topological polar surface area (TPSA) is 38.5 Å². The van der Waals surface area contributed by atoms with Crippen molar-refractivity contribution in [2.45, 2.75) is 32.2 Å². The largest absolute Gasteiger partial charge is 0.381 e. The first-order valence-corrected chi connectivity index (χ1v) is 8.04. The Morgan fingerprint density at radius 3 is 3.00 bits per heavy atom. The minimum atomic E-state index is 0.163. The number of nitrogens with two attached hydrogens (primary N) is 1. The maximum atomic E-state index is 6.02. The van der Waals surface area contributed by atoms with Gasteiger partial charge in [-0.25, -0.2) is 0 Å². The molecule has 108 valence electrons. The molecule has 1 fully saturated rings. The second-order valence-corrected chi connectivity index (χ2v) is 6.94. The molecule has 1 aliphatic rings. The summed E-state index contributed by atoms with van der Waals surface area (Å²) in [5.74, 6) is 0. The zero-order valence-electron chi connectivity index (χ0n) is 12.1. The van der Waals surface area contributed by atoms with E-state index in [4.69, 9.17) is 10.5 Å². The molecule has 0 aromatic carbocycles. The molecule has 2 N–H and O–H groups in total. The van der Waals surface area contributed by atoms with Crippen LogP contribution >= 0.6 is 11.3 Å². The van der Waals surface area contributed by atoms with Crippen molar-refractivity contribution < 1.29 is 4.74 Å². The third kappa shape index (κ3) is 4.02. The van der Waals surface area contributed by atoms with E-state index < -0.39 is 0 Å². The van der Waals surface area contributed by atoms with E-state index >= 15 is 0 Å². The highest BCUT2D eigenvalue weighted by Gasteiger charge is 2.33. The fourth-order valence-electron chi connectivity index (χ4n) is 2.82. The molecule has 1 aliphatic heterocycles. The molecule has 4 heteroatoms. The summed E-state index contributed by atoms with van der Waals surface area (Å²) in [6.07, 6.45) is 3.46. The van der Waals surface area contributed by atoms with Crippen LogP contribution < -0.4 is 5.73 Å². The number of hydrogen-bond acceptors (Lipinski definition) is 4. The van der Waals surface area contributed by atoms with Gasteiger partial charge >= 0.3 is 0 Å². The summed E-state index contributed by atoms with van der Waals surface area (Å²) in [6.45, 7) is 5.78. The zero-order chi connectivity index (χ0) is 13.7. The van der Waals surface area contributed by atoms with Crippen LogP contribution in [0.5, 0.6) is 0 Å². The molecule has 19 heavy (non-hydrogen) atoms. The molecule has 0 amide bonds. The Bertz CT molecular complexity index is 360. The smallest absolute Gasteiger partial charge is 0.0546 e. The third-order valence-electron chi connectivity index (χ3n) is 4.25. The van der Waals surface area contributed by atoms with Crippen molar-refractivity contribution >= 4 is 11.3 Å². The minimum Gasteiger partial charge on any atom is -0.381 e. The van der Waals surface area contributed by atoms with E-state index in [1.807, 2.05) is 11.3 Å². The molecule has 3 nitrogen and oxygen atoms in total. The van der Waals surface area contributed by atoms with Gasteiger partial charge in [0.25, 0.3) is 0 Å². The Morgan fingerprint density at radius 1 is 1.58 bits per heavy atom. The summed E-state index contributed by atoms with van der Waals surface area (Å²) in [4.78, 5) is 3.90. The lowest BCUT2D eigenvalue weighted by Crippen LogP contribution is -2.49. The summed E-state index contributed by atoms with van der Waals surface area (Å²) >= 11 is 1.84. The van der Waals surface area contributed by atoms with Crippen molar-refractivity contribution in [3.63, 3.8) is 0 Å². The first-order chi connectivity index (χ1) is 9.15. The van der Waals surface area contributed by atoms with Crippen LogP contribution in [0, 0.1) is 5.41 Å². The van der Waals surface area contributed by atoms with Crippen LogP contribution in [0.3, 0.4) is 0 Å². The molecule has 2 unspecified atom stereocenters. The van der Waals surface area contributed by atoms with E-state index in [0.717, 1.165) is 39.1 Å². The van der Waals surface area contributed by atoms with Gasteiger partial charge in [0.05, 0.1) is 6.61 Å². The molecule has 1 aromatic heterocycles. The first-order valence-electron chi connectivity index (χ1n) is 7.16. The van der Waals surface area contributed by atoms with Gasteiger partial charge in [-0.15, -0.1) is 11.3 Å². The quantitative estimate of drug-likeness (QED) is 0.870. The standard InChI is InChI=1S/C15H26N2OS/c1-13(9-14-5-3-8-19-14)17(2)11-15(10-16)6-4-7-18-12-15/h3,5,8,13H,4,6-7,9-12,16H2,1-2H3. The van der Waals surface area contributed by atoms with Crippen LogP contribution in [-0.4, -0.2) is 44.3 Å². The Hall–Kier alpha value is -0.420. The summed E-state index contributed by atoms with van der Waals surface area (Å²) in [6, 6.07) is 4.89.